The van der Waals surface area contributed by atoms with Crippen LogP contribution in [0, 0.1) is 12.7 Å². The monoisotopic (exact) mass is 365 g/mol. The number of anilines is 1. The van der Waals surface area contributed by atoms with Gasteiger partial charge in [-0.15, -0.1) is 11.3 Å². The highest BCUT2D eigenvalue weighted by atomic mass is 32.1. The van der Waals surface area contributed by atoms with Gasteiger partial charge in [-0.05, 0) is 43.3 Å². The lowest BCUT2D eigenvalue weighted by Gasteiger charge is -2.04. The summed E-state index contributed by atoms with van der Waals surface area (Å²) in [4.78, 5) is 20.0. The first kappa shape index (κ1) is 16.5. The Morgan fingerprint density at radius 2 is 2.12 bits per heavy atom. The molecule has 0 fully saturated rings. The second-order valence-corrected chi connectivity index (χ2v) is 6.99. The standard InChI is InChI=1S/C20H16FN3OS/c1-12-7-14-9-16(5-6-18(14)22-12)23-19(25)10-17-11-26-20(24-17)13-3-2-4-15(21)8-13/h2-9,11,22H,10H2,1H3,(H,23,25). The zero-order valence-corrected chi connectivity index (χ0v) is 14.9. The summed E-state index contributed by atoms with van der Waals surface area (Å²) >= 11 is 1.40. The molecule has 6 heteroatoms. The first-order valence-corrected chi connectivity index (χ1v) is 9.04. The molecule has 0 bridgehead atoms. The van der Waals surface area contributed by atoms with Gasteiger partial charge >= 0.3 is 0 Å². The number of aromatic nitrogens is 2. The Kier molecular flexibility index (Phi) is 4.26. The lowest BCUT2D eigenvalue weighted by atomic mass is 10.2. The van der Waals surface area contributed by atoms with Gasteiger partial charge in [0.1, 0.15) is 10.8 Å². The highest BCUT2D eigenvalue weighted by Gasteiger charge is 2.10. The molecule has 26 heavy (non-hydrogen) atoms. The third kappa shape index (κ3) is 3.50. The first-order chi connectivity index (χ1) is 12.6. The summed E-state index contributed by atoms with van der Waals surface area (Å²) in [7, 11) is 0. The third-order valence-corrected chi connectivity index (χ3v) is 4.94. The van der Waals surface area contributed by atoms with E-state index in [1.54, 1.807) is 12.1 Å². The lowest BCUT2D eigenvalue weighted by Crippen LogP contribution is -2.14. The van der Waals surface area contributed by atoms with Crippen LogP contribution in [-0.2, 0) is 11.2 Å². The van der Waals surface area contributed by atoms with Crippen LogP contribution in [-0.4, -0.2) is 15.9 Å². The summed E-state index contributed by atoms with van der Waals surface area (Å²) in [6.45, 7) is 2.00. The van der Waals surface area contributed by atoms with Crippen LogP contribution in [0.2, 0.25) is 0 Å². The van der Waals surface area contributed by atoms with E-state index in [0.29, 0.717) is 10.7 Å². The van der Waals surface area contributed by atoms with Crippen molar-refractivity contribution >= 4 is 33.8 Å². The first-order valence-electron chi connectivity index (χ1n) is 8.16. The second-order valence-electron chi connectivity index (χ2n) is 6.13. The minimum Gasteiger partial charge on any atom is -0.359 e. The predicted octanol–water partition coefficient (Wildman–Crippen LogP) is 4.92. The molecule has 0 unspecified atom stereocenters. The van der Waals surface area contributed by atoms with Gasteiger partial charge in [-0.3, -0.25) is 4.79 Å². The molecule has 0 aliphatic heterocycles. The number of nitrogens with one attached hydrogen (secondary N) is 2. The Labute approximate surface area is 153 Å². The quantitative estimate of drug-likeness (QED) is 0.539. The van der Waals surface area contributed by atoms with Gasteiger partial charge in [0, 0.05) is 33.2 Å². The van der Waals surface area contributed by atoms with E-state index in [-0.39, 0.29) is 18.1 Å². The molecule has 0 atom stereocenters. The molecule has 4 rings (SSSR count). The summed E-state index contributed by atoms with van der Waals surface area (Å²) < 4.78 is 13.3. The molecule has 0 saturated heterocycles. The number of hydrogen-bond donors (Lipinski definition) is 2. The molecule has 0 aliphatic rings. The van der Waals surface area contributed by atoms with Gasteiger partial charge in [-0.1, -0.05) is 12.1 Å². The largest absolute Gasteiger partial charge is 0.359 e. The molecule has 1 amide bonds. The van der Waals surface area contributed by atoms with Crippen LogP contribution in [0.25, 0.3) is 21.5 Å². The number of aromatic amines is 1. The number of carbonyl (C=O) groups is 1. The Bertz CT molecular complexity index is 1100. The van der Waals surface area contributed by atoms with E-state index in [1.165, 1.54) is 23.5 Å². The van der Waals surface area contributed by atoms with Crippen LogP contribution < -0.4 is 5.32 Å². The van der Waals surface area contributed by atoms with Crippen LogP contribution in [0.3, 0.4) is 0 Å². The van der Waals surface area contributed by atoms with Crippen molar-refractivity contribution in [2.45, 2.75) is 13.3 Å². The van der Waals surface area contributed by atoms with Crippen molar-refractivity contribution in [1.29, 1.82) is 0 Å². The van der Waals surface area contributed by atoms with E-state index < -0.39 is 0 Å². The minimum atomic E-state index is -0.299. The number of carbonyl (C=O) groups excluding carboxylic acids is 1. The predicted molar refractivity (Wildman–Crippen MR) is 103 cm³/mol. The van der Waals surface area contributed by atoms with Crippen LogP contribution in [0.5, 0.6) is 0 Å². The van der Waals surface area contributed by atoms with Crippen LogP contribution in [0.4, 0.5) is 10.1 Å². The van der Waals surface area contributed by atoms with Gasteiger partial charge in [-0.2, -0.15) is 0 Å². The zero-order chi connectivity index (χ0) is 18.1. The van der Waals surface area contributed by atoms with Crippen molar-refractivity contribution in [2.75, 3.05) is 5.32 Å². The maximum Gasteiger partial charge on any atom is 0.230 e. The Hall–Kier alpha value is -2.99. The van der Waals surface area contributed by atoms with Gasteiger partial charge in [0.15, 0.2) is 0 Å². The van der Waals surface area contributed by atoms with Crippen molar-refractivity contribution < 1.29 is 9.18 Å². The van der Waals surface area contributed by atoms with Gasteiger partial charge < -0.3 is 10.3 Å². The molecule has 0 aliphatic carbocycles. The molecule has 2 N–H and O–H groups in total. The Morgan fingerprint density at radius 1 is 1.23 bits per heavy atom. The molecule has 4 aromatic rings. The van der Waals surface area contributed by atoms with E-state index >= 15 is 0 Å². The third-order valence-electron chi connectivity index (χ3n) is 4.00. The molecule has 2 heterocycles. The normalized spacial score (nSPS) is 11.0. The van der Waals surface area contributed by atoms with Crippen molar-refractivity contribution in [3.05, 3.63) is 71.1 Å². The average Bonchev–Trinajstić information content (AvgIpc) is 3.20. The molecular formula is C20H16FN3OS. The summed E-state index contributed by atoms with van der Waals surface area (Å²) in [5.41, 5.74) is 4.26. The molecule has 0 spiro atoms. The van der Waals surface area contributed by atoms with Crippen molar-refractivity contribution in [1.82, 2.24) is 9.97 Å². The fourth-order valence-electron chi connectivity index (χ4n) is 2.87. The number of aryl methyl sites for hydroxylation is 1. The summed E-state index contributed by atoms with van der Waals surface area (Å²) in [6.07, 6.45) is 0.177. The van der Waals surface area contributed by atoms with E-state index in [0.717, 1.165) is 27.8 Å². The number of benzene rings is 2. The fraction of sp³-hybridized carbons (Fsp3) is 0.100. The lowest BCUT2D eigenvalue weighted by molar-refractivity contribution is -0.115. The van der Waals surface area contributed by atoms with Crippen LogP contribution in [0.1, 0.15) is 11.4 Å². The number of hydrogen-bond acceptors (Lipinski definition) is 3. The minimum absolute atomic E-state index is 0.132. The molecule has 0 saturated carbocycles. The zero-order valence-electron chi connectivity index (χ0n) is 14.0. The number of halogens is 1. The SMILES string of the molecule is Cc1cc2cc(NC(=O)Cc3csc(-c4cccc(F)c4)n3)ccc2[nH]1. The number of H-pyrrole nitrogens is 1. The molecule has 2 aromatic heterocycles. The molecule has 130 valence electrons. The molecule has 0 radical (unpaired) electrons. The molecular weight excluding hydrogens is 349 g/mol. The van der Waals surface area contributed by atoms with Gasteiger partial charge in [0.25, 0.3) is 0 Å². The van der Waals surface area contributed by atoms with Gasteiger partial charge in [-0.25, -0.2) is 9.37 Å². The Balaban J connectivity index is 1.46. The summed E-state index contributed by atoms with van der Waals surface area (Å²) in [6, 6.07) is 14.1. The topological polar surface area (TPSA) is 57.8 Å². The highest BCUT2D eigenvalue weighted by Crippen LogP contribution is 2.25. The van der Waals surface area contributed by atoms with Crippen molar-refractivity contribution in [3.63, 3.8) is 0 Å². The summed E-state index contributed by atoms with van der Waals surface area (Å²) in [5.74, 6) is -0.430. The average molecular weight is 365 g/mol. The summed E-state index contributed by atoms with van der Waals surface area (Å²) in [5, 5.41) is 6.50. The van der Waals surface area contributed by atoms with Crippen LogP contribution in [0.15, 0.2) is 53.9 Å². The smallest absolute Gasteiger partial charge is 0.230 e. The second kappa shape index (κ2) is 6.72. The van der Waals surface area contributed by atoms with Gasteiger partial charge in [0.05, 0.1) is 12.1 Å². The highest BCUT2D eigenvalue weighted by molar-refractivity contribution is 7.13. The number of rotatable bonds is 4. The number of thiazole rings is 1. The van der Waals surface area contributed by atoms with E-state index in [9.17, 15) is 9.18 Å². The van der Waals surface area contributed by atoms with Crippen molar-refractivity contribution in [2.24, 2.45) is 0 Å². The van der Waals surface area contributed by atoms with Gasteiger partial charge in [0.2, 0.25) is 5.91 Å². The van der Waals surface area contributed by atoms with E-state index in [1.807, 2.05) is 36.6 Å². The van der Waals surface area contributed by atoms with E-state index in [4.69, 9.17) is 0 Å². The number of amides is 1. The van der Waals surface area contributed by atoms with E-state index in [2.05, 4.69) is 15.3 Å². The number of nitrogens with zero attached hydrogens (tertiary/aromatic N) is 1. The fourth-order valence-corrected chi connectivity index (χ4v) is 3.68. The Morgan fingerprint density at radius 3 is 2.96 bits per heavy atom. The molecule has 2 aromatic carbocycles. The van der Waals surface area contributed by atoms with Crippen LogP contribution >= 0.6 is 11.3 Å². The maximum absolute atomic E-state index is 13.3. The maximum atomic E-state index is 13.3. The number of fused-ring (bicyclic) bond motifs is 1. The molecule has 4 nitrogen and oxygen atoms in total. The van der Waals surface area contributed by atoms with Crippen molar-refractivity contribution in [3.8, 4) is 10.6 Å².